The molecule has 2 nitrogen and oxygen atoms in total. The minimum absolute atomic E-state index is 0.507. The third-order valence-electron chi connectivity index (χ3n) is 7.15. The fraction of sp³-hybridized carbons (Fsp3) is 1.00. The molecule has 0 aromatic rings. The van der Waals surface area contributed by atoms with Gasteiger partial charge in [-0.1, -0.05) is 27.7 Å². The van der Waals surface area contributed by atoms with Crippen LogP contribution in [0.5, 0.6) is 0 Å². The Morgan fingerprint density at radius 3 is 2.43 bits per heavy atom. The van der Waals surface area contributed by atoms with E-state index in [1.54, 1.807) is 0 Å². The largest absolute Gasteiger partial charge is 0.313 e. The monoisotopic (exact) mass is 292 g/mol. The number of rotatable bonds is 5. The normalized spacial score (nSPS) is 40.0. The van der Waals surface area contributed by atoms with E-state index in [0.29, 0.717) is 10.8 Å². The first-order valence-electron chi connectivity index (χ1n) is 9.37. The lowest BCUT2D eigenvalue weighted by Crippen LogP contribution is -2.50. The molecule has 122 valence electrons. The van der Waals surface area contributed by atoms with Gasteiger partial charge in [0.15, 0.2) is 0 Å². The molecule has 21 heavy (non-hydrogen) atoms. The van der Waals surface area contributed by atoms with Crippen LogP contribution in [0.3, 0.4) is 0 Å². The molecule has 1 aliphatic heterocycles. The van der Waals surface area contributed by atoms with Crippen LogP contribution >= 0.6 is 0 Å². The second kappa shape index (κ2) is 5.85. The summed E-state index contributed by atoms with van der Waals surface area (Å²) in [5.41, 5.74) is 1.09. The van der Waals surface area contributed by atoms with Crippen LogP contribution in [-0.2, 0) is 0 Å². The van der Waals surface area contributed by atoms with E-state index >= 15 is 0 Å². The number of hydrogen-bond donors (Lipinski definition) is 1. The van der Waals surface area contributed by atoms with Gasteiger partial charge in [-0.3, -0.25) is 0 Å². The van der Waals surface area contributed by atoms with E-state index in [2.05, 4.69) is 37.9 Å². The average Bonchev–Trinajstić information content (AvgIpc) is 2.91. The summed E-state index contributed by atoms with van der Waals surface area (Å²) in [6, 6.07) is 0.741. The highest BCUT2D eigenvalue weighted by Gasteiger charge is 2.58. The second-order valence-corrected chi connectivity index (χ2v) is 9.18. The van der Waals surface area contributed by atoms with Gasteiger partial charge in [-0.25, -0.2) is 0 Å². The minimum atomic E-state index is 0.507. The Hall–Kier alpha value is -0.0800. The maximum atomic E-state index is 3.97. The summed E-state index contributed by atoms with van der Waals surface area (Å²) in [4.78, 5) is 2.68. The Balaban J connectivity index is 1.41. The van der Waals surface area contributed by atoms with Crippen LogP contribution in [0.25, 0.3) is 0 Å². The van der Waals surface area contributed by atoms with Gasteiger partial charge in [-0.05, 0) is 87.4 Å². The Morgan fingerprint density at radius 1 is 1.10 bits per heavy atom. The van der Waals surface area contributed by atoms with Crippen molar-refractivity contribution < 1.29 is 0 Å². The van der Waals surface area contributed by atoms with E-state index in [9.17, 15) is 0 Å². The molecule has 2 heteroatoms. The van der Waals surface area contributed by atoms with Crippen LogP contribution in [0.1, 0.15) is 66.2 Å². The summed E-state index contributed by atoms with van der Waals surface area (Å²) in [6.07, 6.45) is 8.51. The predicted octanol–water partition coefficient (Wildman–Crippen LogP) is 3.91. The molecule has 2 saturated carbocycles. The summed E-state index contributed by atoms with van der Waals surface area (Å²) in [5, 5.41) is 3.97. The molecule has 0 spiro atoms. The summed E-state index contributed by atoms with van der Waals surface area (Å²) >= 11 is 0. The molecule has 3 rings (SSSR count). The van der Waals surface area contributed by atoms with Gasteiger partial charge < -0.3 is 10.2 Å². The quantitative estimate of drug-likeness (QED) is 0.773. The number of nitrogens with one attached hydrogen (secondary N) is 1. The van der Waals surface area contributed by atoms with Gasteiger partial charge in [-0.15, -0.1) is 0 Å². The fourth-order valence-corrected chi connectivity index (χ4v) is 5.65. The molecule has 0 aromatic heterocycles. The first-order chi connectivity index (χ1) is 9.92. The van der Waals surface area contributed by atoms with Gasteiger partial charge >= 0.3 is 0 Å². The van der Waals surface area contributed by atoms with Crippen LogP contribution in [0.2, 0.25) is 0 Å². The second-order valence-electron chi connectivity index (χ2n) is 9.18. The maximum absolute atomic E-state index is 3.97. The molecule has 1 saturated heterocycles. The molecule has 3 atom stereocenters. The molecule has 3 fully saturated rings. The van der Waals surface area contributed by atoms with Crippen LogP contribution in [0, 0.1) is 22.7 Å². The lowest BCUT2D eigenvalue weighted by atomic mass is 9.68. The average molecular weight is 293 g/mol. The molecular formula is C19H36N2. The van der Waals surface area contributed by atoms with Gasteiger partial charge in [0.05, 0.1) is 0 Å². The van der Waals surface area contributed by atoms with Crippen molar-refractivity contribution >= 4 is 0 Å². The van der Waals surface area contributed by atoms with Crippen LogP contribution in [-0.4, -0.2) is 37.1 Å². The molecule has 1 heterocycles. The summed E-state index contributed by atoms with van der Waals surface area (Å²) in [6.45, 7) is 15.1. The Labute approximate surface area is 132 Å². The van der Waals surface area contributed by atoms with Crippen molar-refractivity contribution in [1.82, 2.24) is 10.2 Å². The number of piperidine rings is 1. The number of fused-ring (bicyclic) bond motifs is 2. The van der Waals surface area contributed by atoms with Gasteiger partial charge in [0.1, 0.15) is 0 Å². The summed E-state index contributed by atoms with van der Waals surface area (Å²) in [7, 11) is 0. The minimum Gasteiger partial charge on any atom is -0.313 e. The summed E-state index contributed by atoms with van der Waals surface area (Å²) < 4.78 is 0. The topological polar surface area (TPSA) is 15.3 Å². The smallest absolute Gasteiger partial charge is 0.0175 e. The molecular weight excluding hydrogens is 256 g/mol. The van der Waals surface area contributed by atoms with Crippen molar-refractivity contribution in [3.05, 3.63) is 0 Å². The molecule has 2 bridgehead atoms. The van der Waals surface area contributed by atoms with E-state index < -0.39 is 0 Å². The summed E-state index contributed by atoms with van der Waals surface area (Å²) in [5.74, 6) is 1.91. The number of nitrogens with zero attached hydrogens (tertiary/aromatic N) is 1. The molecule has 3 unspecified atom stereocenters. The highest BCUT2D eigenvalue weighted by molar-refractivity contribution is 5.11. The van der Waals surface area contributed by atoms with Crippen LogP contribution < -0.4 is 5.32 Å². The Morgan fingerprint density at radius 2 is 1.81 bits per heavy atom. The maximum Gasteiger partial charge on any atom is 0.0175 e. The van der Waals surface area contributed by atoms with E-state index in [1.165, 1.54) is 64.7 Å². The highest BCUT2D eigenvalue weighted by Crippen LogP contribution is 2.62. The van der Waals surface area contributed by atoms with Crippen molar-refractivity contribution in [3.8, 4) is 0 Å². The van der Waals surface area contributed by atoms with Crippen molar-refractivity contribution in [2.75, 3.05) is 26.2 Å². The van der Waals surface area contributed by atoms with Gasteiger partial charge in [0.25, 0.3) is 0 Å². The van der Waals surface area contributed by atoms with Gasteiger partial charge in [0.2, 0.25) is 0 Å². The zero-order valence-corrected chi connectivity index (χ0v) is 14.8. The zero-order valence-electron chi connectivity index (χ0n) is 14.8. The van der Waals surface area contributed by atoms with Crippen LogP contribution in [0.4, 0.5) is 0 Å². The van der Waals surface area contributed by atoms with Crippen molar-refractivity contribution in [1.29, 1.82) is 0 Å². The van der Waals surface area contributed by atoms with E-state index in [-0.39, 0.29) is 0 Å². The number of hydrogen-bond acceptors (Lipinski definition) is 2. The van der Waals surface area contributed by atoms with Crippen molar-refractivity contribution in [2.45, 2.75) is 72.3 Å². The Bertz CT molecular complexity index is 352. The molecule has 0 aromatic carbocycles. The lowest BCUT2D eigenvalue weighted by molar-refractivity contribution is 0.107. The first-order valence-corrected chi connectivity index (χ1v) is 9.37. The van der Waals surface area contributed by atoms with E-state index in [0.717, 1.165) is 17.9 Å². The van der Waals surface area contributed by atoms with Crippen molar-refractivity contribution in [2.24, 2.45) is 22.7 Å². The third-order valence-corrected chi connectivity index (χ3v) is 7.15. The molecule has 0 amide bonds. The first kappa shape index (κ1) is 15.8. The van der Waals surface area contributed by atoms with Gasteiger partial charge in [0, 0.05) is 6.04 Å². The van der Waals surface area contributed by atoms with Gasteiger partial charge in [-0.2, -0.15) is 0 Å². The van der Waals surface area contributed by atoms with E-state index in [1.807, 2.05) is 0 Å². The Kier molecular flexibility index (Phi) is 4.40. The van der Waals surface area contributed by atoms with Crippen LogP contribution in [0.15, 0.2) is 0 Å². The molecule has 1 N–H and O–H groups in total. The van der Waals surface area contributed by atoms with E-state index in [4.69, 9.17) is 0 Å². The SMILES string of the molecule is CC1CCN(CCCNC2C3(C)CCC(C3)C2(C)C)CC1. The molecule has 0 radical (unpaired) electrons. The lowest BCUT2D eigenvalue weighted by Gasteiger charge is -2.43. The molecule has 3 aliphatic rings. The predicted molar refractivity (Wildman–Crippen MR) is 90.5 cm³/mol. The zero-order chi connectivity index (χ0) is 15.1. The van der Waals surface area contributed by atoms with Crippen molar-refractivity contribution in [3.63, 3.8) is 0 Å². The third kappa shape index (κ3) is 3.03. The fourth-order valence-electron chi connectivity index (χ4n) is 5.65. The number of likely N-dealkylation sites (tertiary alicyclic amines) is 1. The molecule has 2 aliphatic carbocycles. The standard InChI is InChI=1S/C19H36N2/c1-15-7-12-21(13-8-15)11-5-10-20-17-18(2,3)16-6-9-19(17,4)14-16/h15-17,20H,5-14H2,1-4H3. The highest BCUT2D eigenvalue weighted by atomic mass is 15.1.